The highest BCUT2D eigenvalue weighted by Gasteiger charge is 2.39. The van der Waals surface area contributed by atoms with Crippen molar-refractivity contribution in [1.29, 1.82) is 5.26 Å². The van der Waals surface area contributed by atoms with E-state index in [4.69, 9.17) is 10.5 Å². The average molecular weight is 375 g/mol. The van der Waals surface area contributed by atoms with E-state index in [0.29, 0.717) is 11.5 Å². The largest absolute Gasteiger partial charge is 0.422 e. The van der Waals surface area contributed by atoms with E-state index < -0.39 is 0 Å². The molecule has 1 atom stereocenters. The third kappa shape index (κ3) is 2.72. The van der Waals surface area contributed by atoms with E-state index in [9.17, 15) is 5.26 Å². The van der Waals surface area contributed by atoms with E-state index in [-0.39, 0.29) is 17.2 Å². The van der Waals surface area contributed by atoms with Crippen LogP contribution in [0.5, 0.6) is 5.88 Å². The van der Waals surface area contributed by atoms with Crippen molar-refractivity contribution >= 4 is 0 Å². The van der Waals surface area contributed by atoms with Gasteiger partial charge in [-0.1, -0.05) is 32.9 Å². The van der Waals surface area contributed by atoms with E-state index in [0.717, 1.165) is 22.5 Å². The van der Waals surface area contributed by atoms with Crippen molar-refractivity contribution in [3.63, 3.8) is 0 Å². The number of benzene rings is 1. The van der Waals surface area contributed by atoms with Gasteiger partial charge in [-0.15, -0.1) is 0 Å². The minimum atomic E-state index is -0.346. The summed E-state index contributed by atoms with van der Waals surface area (Å²) in [6, 6.07) is 10.1. The summed E-state index contributed by atoms with van der Waals surface area (Å²) in [5.41, 5.74) is 9.85. The van der Waals surface area contributed by atoms with Crippen molar-refractivity contribution in [1.82, 2.24) is 24.5 Å². The summed E-state index contributed by atoms with van der Waals surface area (Å²) in [6.07, 6.45) is 3.13. The van der Waals surface area contributed by atoms with Crippen molar-refractivity contribution in [2.75, 3.05) is 0 Å². The van der Waals surface area contributed by atoms with E-state index in [2.05, 4.69) is 42.0 Å². The van der Waals surface area contributed by atoms with E-state index >= 15 is 0 Å². The molecular formula is C20H21N7O. The van der Waals surface area contributed by atoms with E-state index in [1.165, 1.54) is 6.33 Å². The molecule has 0 saturated carbocycles. The lowest BCUT2D eigenvalue weighted by Gasteiger charge is -2.27. The average Bonchev–Trinajstić information content (AvgIpc) is 3.29. The first-order valence-corrected chi connectivity index (χ1v) is 8.91. The molecule has 0 fully saturated rings. The fourth-order valence-electron chi connectivity index (χ4n) is 3.52. The van der Waals surface area contributed by atoms with Crippen LogP contribution in [-0.4, -0.2) is 24.5 Å². The van der Waals surface area contributed by atoms with Crippen LogP contribution in [0.25, 0.3) is 5.69 Å². The molecule has 2 aromatic heterocycles. The summed E-state index contributed by atoms with van der Waals surface area (Å²) in [7, 11) is 1.82. The van der Waals surface area contributed by atoms with Crippen LogP contribution >= 0.6 is 0 Å². The Bertz CT molecular complexity index is 1090. The standard InChI is InChI=1S/C20H21N7O/c1-20(2,3)17-16-15(14(9-21)18(22)28-19(16)26(4)25-17)12-5-7-13(8-6-12)27-11-23-10-24-27/h5-8,10-11,15H,22H2,1-4H3. The highest BCUT2D eigenvalue weighted by atomic mass is 16.5. The van der Waals surface area contributed by atoms with Gasteiger partial charge in [0, 0.05) is 12.5 Å². The van der Waals surface area contributed by atoms with Crippen LogP contribution in [0.2, 0.25) is 0 Å². The highest BCUT2D eigenvalue weighted by Crippen LogP contribution is 2.46. The lowest BCUT2D eigenvalue weighted by molar-refractivity contribution is 0.358. The number of allylic oxidation sites excluding steroid dienone is 1. The van der Waals surface area contributed by atoms with Crippen molar-refractivity contribution < 1.29 is 4.74 Å². The summed E-state index contributed by atoms with van der Waals surface area (Å²) in [5.74, 6) is 0.345. The number of nitrogens with zero attached hydrogens (tertiary/aromatic N) is 6. The number of aryl methyl sites for hydroxylation is 1. The second kappa shape index (κ2) is 6.23. The van der Waals surface area contributed by atoms with Crippen LogP contribution in [0, 0.1) is 11.3 Å². The smallest absolute Gasteiger partial charge is 0.224 e. The molecule has 0 radical (unpaired) electrons. The molecule has 0 spiro atoms. The quantitative estimate of drug-likeness (QED) is 0.737. The predicted molar refractivity (Wildman–Crippen MR) is 103 cm³/mol. The minimum absolute atomic E-state index is 0.115. The molecule has 28 heavy (non-hydrogen) atoms. The van der Waals surface area contributed by atoms with Gasteiger partial charge in [-0.25, -0.2) is 14.3 Å². The number of nitrogens with two attached hydrogens (primary N) is 1. The number of nitriles is 1. The van der Waals surface area contributed by atoms with Gasteiger partial charge in [0.2, 0.25) is 11.8 Å². The van der Waals surface area contributed by atoms with Crippen LogP contribution in [0.15, 0.2) is 48.4 Å². The molecule has 142 valence electrons. The van der Waals surface area contributed by atoms with Crippen molar-refractivity contribution in [3.05, 3.63) is 65.2 Å². The van der Waals surface area contributed by atoms with E-state index in [1.54, 1.807) is 15.7 Å². The Kier molecular flexibility index (Phi) is 3.96. The zero-order chi connectivity index (χ0) is 20.1. The van der Waals surface area contributed by atoms with Crippen LogP contribution in [0.3, 0.4) is 0 Å². The molecule has 0 aliphatic carbocycles. The summed E-state index contributed by atoms with van der Waals surface area (Å²) < 4.78 is 9.16. The van der Waals surface area contributed by atoms with Crippen molar-refractivity contribution in [3.8, 4) is 17.6 Å². The molecular weight excluding hydrogens is 354 g/mol. The van der Waals surface area contributed by atoms with Gasteiger partial charge < -0.3 is 10.5 Å². The molecule has 1 aliphatic rings. The molecule has 4 rings (SSSR count). The third-order valence-corrected chi connectivity index (χ3v) is 4.82. The Morgan fingerprint density at radius 3 is 2.50 bits per heavy atom. The molecule has 8 heteroatoms. The first-order valence-electron chi connectivity index (χ1n) is 8.91. The van der Waals surface area contributed by atoms with Crippen LogP contribution in [0.4, 0.5) is 0 Å². The van der Waals surface area contributed by atoms with Gasteiger partial charge in [-0.2, -0.15) is 15.5 Å². The fraction of sp³-hybridized carbons (Fsp3) is 0.300. The second-order valence-electron chi connectivity index (χ2n) is 7.80. The summed E-state index contributed by atoms with van der Waals surface area (Å²) in [5, 5.41) is 18.6. The molecule has 8 nitrogen and oxygen atoms in total. The molecule has 2 N–H and O–H groups in total. The van der Waals surface area contributed by atoms with Crippen LogP contribution in [-0.2, 0) is 12.5 Å². The first kappa shape index (κ1) is 17.8. The maximum absolute atomic E-state index is 9.81. The fourth-order valence-corrected chi connectivity index (χ4v) is 3.52. The Labute approximate surface area is 162 Å². The van der Waals surface area contributed by atoms with E-state index in [1.807, 2.05) is 31.3 Å². The van der Waals surface area contributed by atoms with Crippen LogP contribution < -0.4 is 10.5 Å². The normalized spacial score (nSPS) is 16.5. The Balaban J connectivity index is 1.89. The summed E-state index contributed by atoms with van der Waals surface area (Å²) >= 11 is 0. The van der Waals surface area contributed by atoms with Gasteiger partial charge in [0.15, 0.2) is 0 Å². The maximum Gasteiger partial charge on any atom is 0.224 e. The van der Waals surface area contributed by atoms with Crippen molar-refractivity contribution in [2.45, 2.75) is 32.1 Å². The first-order chi connectivity index (χ1) is 13.3. The molecule has 0 amide bonds. The second-order valence-corrected chi connectivity index (χ2v) is 7.80. The van der Waals surface area contributed by atoms with Gasteiger partial charge in [0.25, 0.3) is 0 Å². The summed E-state index contributed by atoms with van der Waals surface area (Å²) in [6.45, 7) is 6.27. The topological polar surface area (TPSA) is 108 Å². The van der Waals surface area contributed by atoms with Gasteiger partial charge in [0.1, 0.15) is 24.3 Å². The van der Waals surface area contributed by atoms with Gasteiger partial charge >= 0.3 is 0 Å². The number of fused-ring (bicyclic) bond motifs is 1. The molecule has 0 saturated heterocycles. The number of hydrogen-bond donors (Lipinski definition) is 1. The molecule has 1 unspecified atom stereocenters. The highest BCUT2D eigenvalue weighted by molar-refractivity contribution is 5.57. The maximum atomic E-state index is 9.81. The third-order valence-electron chi connectivity index (χ3n) is 4.82. The molecule has 1 aliphatic heterocycles. The zero-order valence-corrected chi connectivity index (χ0v) is 16.2. The van der Waals surface area contributed by atoms with Gasteiger partial charge in [-0.3, -0.25) is 0 Å². The Morgan fingerprint density at radius 2 is 1.93 bits per heavy atom. The minimum Gasteiger partial charge on any atom is -0.422 e. The van der Waals surface area contributed by atoms with Gasteiger partial charge in [0.05, 0.1) is 22.9 Å². The van der Waals surface area contributed by atoms with Gasteiger partial charge in [-0.05, 0) is 17.7 Å². The number of rotatable bonds is 2. The predicted octanol–water partition coefficient (Wildman–Crippen LogP) is 2.52. The number of aromatic nitrogens is 5. The number of ether oxygens (including phenoxy) is 1. The SMILES string of the molecule is Cn1nc(C(C)(C)C)c2c1OC(N)=C(C#N)C2c1ccc(-n2cncn2)cc1. The molecule has 3 heterocycles. The monoisotopic (exact) mass is 375 g/mol. The summed E-state index contributed by atoms with van der Waals surface area (Å²) in [4.78, 5) is 3.97. The number of hydrogen-bond acceptors (Lipinski definition) is 6. The Hall–Kier alpha value is -3.60. The molecule has 3 aromatic rings. The van der Waals surface area contributed by atoms with Crippen LogP contribution in [0.1, 0.15) is 43.5 Å². The zero-order valence-electron chi connectivity index (χ0n) is 16.2. The Morgan fingerprint density at radius 1 is 1.21 bits per heavy atom. The van der Waals surface area contributed by atoms with Crippen molar-refractivity contribution in [2.24, 2.45) is 12.8 Å². The lowest BCUT2D eigenvalue weighted by atomic mass is 9.79. The molecule has 1 aromatic carbocycles. The molecule has 0 bridgehead atoms. The lowest BCUT2D eigenvalue weighted by Crippen LogP contribution is -2.24.